The van der Waals surface area contributed by atoms with Crippen LogP contribution >= 0.6 is 0 Å². The van der Waals surface area contributed by atoms with Gasteiger partial charge in [-0.05, 0) is 55.3 Å². The minimum atomic E-state index is -0.0327. The SMILES string of the molecule is O=C(Nc1cccc(C#Cc2ccccc2)c1)C1CCN(c2nc3ccccc3o2)CC1. The van der Waals surface area contributed by atoms with Crippen molar-refractivity contribution in [2.45, 2.75) is 12.8 Å². The van der Waals surface area contributed by atoms with E-state index in [1.165, 1.54) is 0 Å². The molecule has 32 heavy (non-hydrogen) atoms. The van der Waals surface area contributed by atoms with Crippen molar-refractivity contribution in [2.75, 3.05) is 23.3 Å². The third-order valence-corrected chi connectivity index (χ3v) is 5.67. The number of rotatable bonds is 3. The summed E-state index contributed by atoms with van der Waals surface area (Å²) >= 11 is 0. The summed E-state index contributed by atoms with van der Waals surface area (Å²) in [6, 6.07) is 25.9. The van der Waals surface area contributed by atoms with E-state index in [4.69, 9.17) is 4.42 Å². The molecule has 3 aromatic carbocycles. The number of anilines is 2. The Morgan fingerprint density at radius 3 is 2.44 bits per heavy atom. The number of aromatic nitrogens is 1. The molecule has 1 aromatic heterocycles. The average Bonchev–Trinajstić information content (AvgIpc) is 3.28. The van der Waals surface area contributed by atoms with Gasteiger partial charge in [0.15, 0.2) is 5.58 Å². The molecule has 0 bridgehead atoms. The van der Waals surface area contributed by atoms with Crippen molar-refractivity contribution in [3.8, 4) is 11.8 Å². The molecule has 0 saturated carbocycles. The zero-order valence-electron chi connectivity index (χ0n) is 17.6. The van der Waals surface area contributed by atoms with Crippen molar-refractivity contribution >= 4 is 28.7 Å². The molecule has 0 unspecified atom stereocenters. The van der Waals surface area contributed by atoms with Crippen LogP contribution in [0.3, 0.4) is 0 Å². The van der Waals surface area contributed by atoms with Gasteiger partial charge in [-0.3, -0.25) is 4.79 Å². The van der Waals surface area contributed by atoms with Crippen LogP contribution in [0.1, 0.15) is 24.0 Å². The van der Waals surface area contributed by atoms with Crippen LogP contribution in [0.15, 0.2) is 83.3 Å². The normalized spacial score (nSPS) is 14.1. The van der Waals surface area contributed by atoms with Gasteiger partial charge in [0.25, 0.3) is 6.01 Å². The number of hydrogen-bond acceptors (Lipinski definition) is 4. The standard InChI is InChI=1S/C27H23N3O2/c31-26(28-23-10-6-9-21(19-23)14-13-20-7-2-1-3-8-20)22-15-17-30(18-16-22)27-29-24-11-4-5-12-25(24)32-27/h1-12,19,22H,15-18H2,(H,28,31). The first kappa shape index (κ1) is 19.9. The number of para-hydroxylation sites is 2. The maximum Gasteiger partial charge on any atom is 0.298 e. The maximum atomic E-state index is 12.8. The fourth-order valence-electron chi connectivity index (χ4n) is 3.91. The molecule has 5 rings (SSSR count). The first-order chi connectivity index (χ1) is 15.7. The fourth-order valence-corrected chi connectivity index (χ4v) is 3.91. The number of piperidine rings is 1. The van der Waals surface area contributed by atoms with Crippen LogP contribution in [0.2, 0.25) is 0 Å². The van der Waals surface area contributed by atoms with E-state index in [0.29, 0.717) is 6.01 Å². The highest BCUT2D eigenvalue weighted by atomic mass is 16.4. The van der Waals surface area contributed by atoms with Crippen LogP contribution in [-0.4, -0.2) is 24.0 Å². The van der Waals surface area contributed by atoms with Gasteiger partial charge in [-0.1, -0.05) is 48.2 Å². The summed E-state index contributed by atoms with van der Waals surface area (Å²) in [6.07, 6.45) is 1.52. The third-order valence-electron chi connectivity index (χ3n) is 5.67. The predicted octanol–water partition coefficient (Wildman–Crippen LogP) is 5.08. The zero-order chi connectivity index (χ0) is 21.8. The summed E-state index contributed by atoms with van der Waals surface area (Å²) in [7, 11) is 0. The lowest BCUT2D eigenvalue weighted by Crippen LogP contribution is -2.38. The Bertz CT molecular complexity index is 1260. The Labute approximate surface area is 187 Å². The largest absolute Gasteiger partial charge is 0.423 e. The van der Waals surface area contributed by atoms with Crippen molar-refractivity contribution in [1.82, 2.24) is 4.98 Å². The summed E-state index contributed by atoms with van der Waals surface area (Å²) in [6.45, 7) is 1.49. The number of carbonyl (C=O) groups is 1. The van der Waals surface area contributed by atoms with Gasteiger partial charge in [-0.25, -0.2) is 0 Å². The monoisotopic (exact) mass is 421 g/mol. The predicted molar refractivity (Wildman–Crippen MR) is 126 cm³/mol. The topological polar surface area (TPSA) is 58.4 Å². The van der Waals surface area contributed by atoms with E-state index in [1.807, 2.05) is 78.9 Å². The molecule has 1 aliphatic heterocycles. The van der Waals surface area contributed by atoms with Crippen molar-refractivity contribution in [2.24, 2.45) is 5.92 Å². The van der Waals surface area contributed by atoms with E-state index in [9.17, 15) is 4.79 Å². The highest BCUT2D eigenvalue weighted by Crippen LogP contribution is 2.27. The first-order valence-corrected chi connectivity index (χ1v) is 10.8. The van der Waals surface area contributed by atoms with Crippen LogP contribution in [0.4, 0.5) is 11.7 Å². The van der Waals surface area contributed by atoms with Gasteiger partial charge >= 0.3 is 0 Å². The minimum absolute atomic E-state index is 0.0327. The number of fused-ring (bicyclic) bond motifs is 1. The molecule has 1 amide bonds. The van der Waals surface area contributed by atoms with Gasteiger partial charge in [-0.2, -0.15) is 4.98 Å². The highest BCUT2D eigenvalue weighted by molar-refractivity contribution is 5.92. The molecule has 5 heteroatoms. The molecular weight excluding hydrogens is 398 g/mol. The third kappa shape index (κ3) is 4.50. The summed E-state index contributed by atoms with van der Waals surface area (Å²) < 4.78 is 5.87. The molecule has 2 heterocycles. The average molecular weight is 422 g/mol. The molecule has 1 saturated heterocycles. The molecule has 0 spiro atoms. The second-order valence-electron chi connectivity index (χ2n) is 7.91. The highest BCUT2D eigenvalue weighted by Gasteiger charge is 2.27. The number of oxazole rings is 1. The van der Waals surface area contributed by atoms with Crippen molar-refractivity contribution in [3.63, 3.8) is 0 Å². The van der Waals surface area contributed by atoms with Gasteiger partial charge in [0.2, 0.25) is 5.91 Å². The molecular formula is C27H23N3O2. The molecule has 1 N–H and O–H groups in total. The Balaban J connectivity index is 1.19. The van der Waals surface area contributed by atoms with Crippen molar-refractivity contribution in [3.05, 3.63) is 90.0 Å². The molecule has 1 aliphatic rings. The van der Waals surface area contributed by atoms with Crippen LogP contribution in [0.5, 0.6) is 0 Å². The smallest absolute Gasteiger partial charge is 0.298 e. The van der Waals surface area contributed by atoms with E-state index in [1.54, 1.807) is 0 Å². The Kier molecular flexibility index (Phi) is 5.59. The molecule has 4 aromatic rings. The lowest BCUT2D eigenvalue weighted by molar-refractivity contribution is -0.120. The summed E-state index contributed by atoms with van der Waals surface area (Å²) in [5.41, 5.74) is 4.26. The van der Waals surface area contributed by atoms with Crippen molar-refractivity contribution < 1.29 is 9.21 Å². The lowest BCUT2D eigenvalue weighted by atomic mass is 9.96. The Morgan fingerprint density at radius 1 is 0.906 bits per heavy atom. The first-order valence-electron chi connectivity index (χ1n) is 10.8. The quantitative estimate of drug-likeness (QED) is 0.469. The van der Waals surface area contributed by atoms with Crippen LogP contribution < -0.4 is 10.2 Å². The molecule has 158 valence electrons. The molecule has 0 atom stereocenters. The van der Waals surface area contributed by atoms with E-state index in [0.717, 1.165) is 53.8 Å². The van der Waals surface area contributed by atoms with Crippen LogP contribution in [0, 0.1) is 17.8 Å². The number of carbonyl (C=O) groups excluding carboxylic acids is 1. The van der Waals surface area contributed by atoms with Gasteiger partial charge in [0.1, 0.15) is 5.52 Å². The van der Waals surface area contributed by atoms with Gasteiger partial charge < -0.3 is 14.6 Å². The maximum absolute atomic E-state index is 12.8. The number of amides is 1. The Hall–Kier alpha value is -4.04. The molecule has 5 nitrogen and oxygen atoms in total. The van der Waals surface area contributed by atoms with E-state index >= 15 is 0 Å². The summed E-state index contributed by atoms with van der Waals surface area (Å²) in [5, 5.41) is 3.06. The van der Waals surface area contributed by atoms with Crippen LogP contribution in [0.25, 0.3) is 11.1 Å². The fraction of sp³-hybridized carbons (Fsp3) is 0.185. The van der Waals surface area contributed by atoms with Gasteiger partial charge in [0, 0.05) is 35.8 Å². The van der Waals surface area contributed by atoms with E-state index < -0.39 is 0 Å². The second-order valence-corrected chi connectivity index (χ2v) is 7.91. The number of nitrogens with one attached hydrogen (secondary N) is 1. The van der Waals surface area contributed by atoms with E-state index in [2.05, 4.69) is 27.0 Å². The zero-order valence-corrected chi connectivity index (χ0v) is 17.6. The molecule has 1 fully saturated rings. The number of hydrogen-bond donors (Lipinski definition) is 1. The molecule has 0 aliphatic carbocycles. The van der Waals surface area contributed by atoms with Crippen molar-refractivity contribution in [1.29, 1.82) is 0 Å². The summed E-state index contributed by atoms with van der Waals surface area (Å²) in [4.78, 5) is 19.5. The minimum Gasteiger partial charge on any atom is -0.423 e. The summed E-state index contributed by atoms with van der Waals surface area (Å²) in [5.74, 6) is 6.33. The van der Waals surface area contributed by atoms with Crippen LogP contribution in [-0.2, 0) is 4.79 Å². The van der Waals surface area contributed by atoms with Gasteiger partial charge in [0.05, 0.1) is 0 Å². The number of nitrogens with zero attached hydrogens (tertiary/aromatic N) is 2. The van der Waals surface area contributed by atoms with Gasteiger partial charge in [-0.15, -0.1) is 0 Å². The Morgan fingerprint density at radius 2 is 1.62 bits per heavy atom. The number of benzene rings is 3. The lowest BCUT2D eigenvalue weighted by Gasteiger charge is -2.30. The second kappa shape index (κ2) is 8.99. The molecule has 0 radical (unpaired) electrons. The van der Waals surface area contributed by atoms with E-state index in [-0.39, 0.29) is 11.8 Å².